The van der Waals surface area contributed by atoms with E-state index in [9.17, 15) is 0 Å². The van der Waals surface area contributed by atoms with Crippen molar-refractivity contribution in [2.75, 3.05) is 0 Å². The maximum atomic E-state index is 5.64. The minimum absolute atomic E-state index is 0. The molecule has 2 unspecified atom stereocenters. The van der Waals surface area contributed by atoms with Gasteiger partial charge in [0.15, 0.2) is 34.9 Å². The van der Waals surface area contributed by atoms with Crippen LogP contribution in [0.5, 0.6) is 0 Å². The minimum Gasteiger partial charge on any atom is -0.304 e. The van der Waals surface area contributed by atoms with Crippen molar-refractivity contribution in [2.45, 2.75) is 110 Å². The van der Waals surface area contributed by atoms with Crippen LogP contribution in [-0.2, 0) is 30.9 Å². The number of pyridine rings is 3. The fraction of sp³-hybridized carbons (Fsp3) is 0.130. The van der Waals surface area contributed by atoms with E-state index < -0.39 is 0 Å². The predicted molar refractivity (Wildman–Crippen MR) is 581 cm³/mol. The molecule has 1 aliphatic carbocycles. The number of aryl methyl sites for hydroxylation is 3. The molecule has 0 bridgehead atoms. The minimum atomic E-state index is -0.312. The molecule has 144 heavy (non-hydrogen) atoms. The van der Waals surface area contributed by atoms with Crippen LogP contribution in [0.3, 0.4) is 0 Å². The molecular formula is C131H103IrN12. The molecule has 0 aliphatic heterocycles. The molecule has 6 aromatic heterocycles. The van der Waals surface area contributed by atoms with E-state index in [2.05, 4.69) is 353 Å². The van der Waals surface area contributed by atoms with Gasteiger partial charge in [-0.15, -0.1) is 71.3 Å². The van der Waals surface area contributed by atoms with Crippen molar-refractivity contribution in [3.63, 3.8) is 0 Å². The van der Waals surface area contributed by atoms with E-state index in [1.807, 2.05) is 134 Å². The molecule has 15 aromatic carbocycles. The number of nitrogens with zero attached hydrogens (tertiary/aromatic N) is 12. The van der Waals surface area contributed by atoms with E-state index in [0.717, 1.165) is 187 Å². The number of benzene rings is 15. The Morgan fingerprint density at radius 1 is 0.208 bits per heavy atom. The second kappa shape index (κ2) is 40.6. The smallest absolute Gasteiger partial charge is 0.304 e. The summed E-state index contributed by atoms with van der Waals surface area (Å²) in [6.07, 6.45) is 8.18. The van der Waals surface area contributed by atoms with Crippen molar-refractivity contribution in [1.82, 2.24) is 59.8 Å². The van der Waals surface area contributed by atoms with Crippen LogP contribution in [0.1, 0.15) is 123 Å². The molecular weight excluding hydrogens is 1930 g/mol. The molecule has 0 N–H and O–H groups in total. The van der Waals surface area contributed by atoms with Gasteiger partial charge in [0.1, 0.15) is 17.5 Å². The zero-order chi connectivity index (χ0) is 97.2. The number of hydrogen-bond donors (Lipinski definition) is 0. The van der Waals surface area contributed by atoms with Gasteiger partial charge in [-0.05, 0) is 147 Å². The van der Waals surface area contributed by atoms with Gasteiger partial charge in [-0.25, -0.2) is 44.9 Å². The Morgan fingerprint density at radius 2 is 0.431 bits per heavy atom. The molecule has 13 heteroatoms. The van der Waals surface area contributed by atoms with Crippen molar-refractivity contribution in [2.24, 2.45) is 0 Å². The van der Waals surface area contributed by atoms with Gasteiger partial charge in [-0.3, -0.25) is 0 Å². The summed E-state index contributed by atoms with van der Waals surface area (Å²) in [7, 11) is 0. The summed E-state index contributed by atoms with van der Waals surface area (Å²) >= 11 is 0. The van der Waals surface area contributed by atoms with Gasteiger partial charge in [0.25, 0.3) is 0 Å². The van der Waals surface area contributed by atoms with Crippen molar-refractivity contribution in [3.8, 4) is 203 Å². The van der Waals surface area contributed by atoms with Crippen molar-refractivity contribution >= 4 is 0 Å². The molecule has 0 radical (unpaired) electrons. The monoisotopic (exact) mass is 2040 g/mol. The van der Waals surface area contributed by atoms with Gasteiger partial charge in [-0.2, -0.15) is 0 Å². The van der Waals surface area contributed by atoms with E-state index in [1.54, 1.807) is 0 Å². The van der Waals surface area contributed by atoms with Crippen LogP contribution < -0.4 is 0 Å². The number of hydrogen-bond acceptors (Lipinski definition) is 12. The Hall–Kier alpha value is -16.6. The summed E-state index contributed by atoms with van der Waals surface area (Å²) in [5.41, 5.74) is 33.2. The van der Waals surface area contributed by atoms with Gasteiger partial charge < -0.3 is 15.0 Å². The Bertz CT molecular complexity index is 7760. The second-order valence-corrected chi connectivity index (χ2v) is 39.4. The third kappa shape index (κ3) is 19.6. The predicted octanol–water partition coefficient (Wildman–Crippen LogP) is 32.2. The summed E-state index contributed by atoms with van der Waals surface area (Å²) in [4.78, 5) is 65.6. The topological polar surface area (TPSA) is 155 Å². The van der Waals surface area contributed by atoms with Crippen LogP contribution in [0.4, 0.5) is 0 Å². The molecule has 2 atom stereocenters. The molecule has 0 amide bonds. The van der Waals surface area contributed by atoms with Gasteiger partial charge in [0, 0.05) is 68.7 Å². The molecule has 1 fully saturated rings. The average molecular weight is 2040 g/mol. The first kappa shape index (κ1) is 93.7. The first-order valence-corrected chi connectivity index (χ1v) is 49.1. The van der Waals surface area contributed by atoms with Crippen LogP contribution in [-0.4, -0.2) is 59.8 Å². The molecule has 696 valence electrons. The molecule has 1 saturated carbocycles. The molecule has 12 nitrogen and oxygen atoms in total. The van der Waals surface area contributed by atoms with Crippen LogP contribution in [0.25, 0.3) is 203 Å². The summed E-state index contributed by atoms with van der Waals surface area (Å²) in [6.45, 7) is 20.3. The van der Waals surface area contributed by atoms with Crippen LogP contribution in [0.15, 0.2) is 407 Å². The third-order valence-electron chi connectivity index (χ3n) is 27.8. The maximum Gasteiger partial charge on any atom is 3.00 e. The summed E-state index contributed by atoms with van der Waals surface area (Å²) in [5.74, 6) is 4.42. The van der Waals surface area contributed by atoms with E-state index in [1.165, 1.54) is 27.8 Å². The molecule has 21 aromatic rings. The van der Waals surface area contributed by atoms with Gasteiger partial charge >= 0.3 is 20.1 Å². The zero-order valence-corrected chi connectivity index (χ0v) is 84.1. The van der Waals surface area contributed by atoms with Gasteiger partial charge in [0.05, 0.1) is 0 Å². The van der Waals surface area contributed by atoms with Gasteiger partial charge in [0.2, 0.25) is 0 Å². The fourth-order valence-electron chi connectivity index (χ4n) is 20.2. The third-order valence-corrected chi connectivity index (χ3v) is 27.8. The van der Waals surface area contributed by atoms with Gasteiger partial charge in [-0.1, -0.05) is 443 Å². The van der Waals surface area contributed by atoms with Crippen molar-refractivity contribution < 1.29 is 20.1 Å². The van der Waals surface area contributed by atoms with E-state index >= 15 is 0 Å². The van der Waals surface area contributed by atoms with Crippen LogP contribution in [0.2, 0.25) is 0 Å². The Balaban J connectivity index is 0.0000122. The number of aromatic nitrogens is 12. The van der Waals surface area contributed by atoms with Crippen molar-refractivity contribution in [3.05, 3.63) is 470 Å². The average Bonchev–Trinajstić information content (AvgIpc) is 0.739. The first-order chi connectivity index (χ1) is 69.8. The van der Waals surface area contributed by atoms with Crippen molar-refractivity contribution in [1.29, 1.82) is 0 Å². The molecule has 22 rings (SSSR count). The van der Waals surface area contributed by atoms with E-state index in [0.29, 0.717) is 52.4 Å². The molecule has 0 spiro atoms. The van der Waals surface area contributed by atoms with Crippen LogP contribution >= 0.6 is 0 Å². The summed E-state index contributed by atoms with van der Waals surface area (Å²) in [5, 5.41) is 0. The summed E-state index contributed by atoms with van der Waals surface area (Å²) < 4.78 is 0. The largest absolute Gasteiger partial charge is 3.00 e. The molecule has 1 aliphatic rings. The maximum absolute atomic E-state index is 5.64. The van der Waals surface area contributed by atoms with E-state index in [4.69, 9.17) is 59.8 Å². The second-order valence-electron chi connectivity index (χ2n) is 39.4. The molecule has 6 heterocycles. The fourth-order valence-corrected chi connectivity index (χ4v) is 20.2. The Labute approximate surface area is 856 Å². The van der Waals surface area contributed by atoms with Crippen LogP contribution in [0, 0.1) is 39.0 Å². The molecule has 0 saturated heterocycles. The normalized spacial score (nSPS) is 13.7. The first-order valence-electron chi connectivity index (χ1n) is 49.1. The Kier molecular flexibility index (Phi) is 26.4. The quantitative estimate of drug-likeness (QED) is 0.0629. The number of rotatable bonds is 21. The summed E-state index contributed by atoms with van der Waals surface area (Å²) in [6, 6.07) is 148. The standard InChI is InChI=1S/C131H103N12.Ir/c1-83-69-118(132-80-115(83)86-39-19-10-20-40-86)95-59-64-107(112(75-95)127-138-121(89-45-25-13-26-46-89)135-122(139-127)90-47-27-14-28-48-90)106-58-38-37-57-103(106)98-72-99(104-67-62-101(130(4,5)6)78-110(104)108-65-60-96(119-70-84(2)116(81-133-119)87-41-21-11-22-42-87)76-113(108)128-140-123(91-49-29-15-30-50-91)136-124(141-128)92-51-31-16-32-52-92)74-100(73-98)105-68-63-102(131(7,8)9)79-111(105)109-66-61-97(120-71-85(3)117(82-134-120)88-43-23-12-24-44-88)77-114(109)129-142-125(93-53-33-17-34-54-93)137-126(143-129)94-55-35-18-36-56-94;/h10-58,62-71,75-82,98-100H,72-74H2,1-9H3;/q-3;+3. The zero-order valence-electron chi connectivity index (χ0n) is 81.7. The Morgan fingerprint density at radius 3 is 0.681 bits per heavy atom. The van der Waals surface area contributed by atoms with E-state index in [-0.39, 0.29) is 48.7 Å². The SMILES string of the molecule is Cc1cc(-c2[c-]cc(-c3ccccc3C3CC(c4ccc(C(C)(C)C)cc4-c4c[c-]c(-c5cc(C)c(-c6ccccc6)cn5)cc4-c4nc(-c5ccccc5)nc(-c5ccccc5)n4)CC(c4ccc(C(C)(C)C)cc4-c4c[c-]c(-c5cc(C)c(-c6ccccc6)cn5)cc4-c4nc(-c5ccccc5)nc(-c5ccccc5)n4)C3)c(-c3nc(-c4ccccc4)nc(-c4ccccc4)n3)c2)ncc1-c1ccccc1.[Ir+3].